The van der Waals surface area contributed by atoms with Crippen LogP contribution in [-0.4, -0.2) is 44.6 Å². The highest BCUT2D eigenvalue weighted by atomic mass is 35.5. The van der Waals surface area contributed by atoms with Crippen LogP contribution in [0.1, 0.15) is 31.3 Å². The normalized spacial score (nSPS) is 11.9. The van der Waals surface area contributed by atoms with Crippen molar-refractivity contribution < 1.29 is 14.7 Å². The molecule has 0 unspecified atom stereocenters. The molecule has 1 heterocycles. The Morgan fingerprint density at radius 3 is 2.56 bits per heavy atom. The van der Waals surface area contributed by atoms with Crippen LogP contribution in [0, 0.1) is 5.92 Å². The van der Waals surface area contributed by atoms with Crippen molar-refractivity contribution in [2.24, 2.45) is 5.92 Å². The lowest BCUT2D eigenvalue weighted by molar-refractivity contribution is -0.129. The highest BCUT2D eigenvalue weighted by Gasteiger charge is 2.31. The van der Waals surface area contributed by atoms with Crippen molar-refractivity contribution in [1.29, 1.82) is 0 Å². The van der Waals surface area contributed by atoms with Gasteiger partial charge in [0, 0.05) is 18.1 Å². The van der Waals surface area contributed by atoms with Gasteiger partial charge in [-0.1, -0.05) is 62.4 Å². The minimum absolute atomic E-state index is 0.0143. The van der Waals surface area contributed by atoms with Gasteiger partial charge in [0.1, 0.15) is 5.82 Å². The summed E-state index contributed by atoms with van der Waals surface area (Å²) in [6, 6.07) is 13.8. The van der Waals surface area contributed by atoms with Crippen LogP contribution in [0.2, 0.25) is 5.02 Å². The lowest BCUT2D eigenvalue weighted by Crippen LogP contribution is -2.44. The van der Waals surface area contributed by atoms with Gasteiger partial charge in [-0.3, -0.25) is 14.2 Å². The molecular formula is C25H27ClN4O4. The zero-order valence-corrected chi connectivity index (χ0v) is 19.8. The predicted molar refractivity (Wildman–Crippen MR) is 132 cm³/mol. The fourth-order valence-electron chi connectivity index (χ4n) is 3.94. The number of hydrogen-bond donors (Lipinski definition) is 2. The van der Waals surface area contributed by atoms with Gasteiger partial charge < -0.3 is 15.3 Å². The Bertz CT molecular complexity index is 1260. The second kappa shape index (κ2) is 11.0. The number of aromatic nitrogens is 2. The van der Waals surface area contributed by atoms with Crippen molar-refractivity contribution in [3.8, 4) is 0 Å². The molecule has 0 spiro atoms. The van der Waals surface area contributed by atoms with Crippen LogP contribution in [0.5, 0.6) is 0 Å². The highest BCUT2D eigenvalue weighted by molar-refractivity contribution is 6.31. The molecule has 0 aliphatic rings. The lowest BCUT2D eigenvalue weighted by atomic mass is 10.00. The molecule has 34 heavy (non-hydrogen) atoms. The molecule has 0 saturated heterocycles. The molecule has 3 rings (SSSR count). The molecule has 0 aliphatic heterocycles. The van der Waals surface area contributed by atoms with Crippen LogP contribution in [-0.2, 0) is 11.3 Å². The number of carboxylic acid groups (broad SMARTS) is 1. The van der Waals surface area contributed by atoms with Crippen molar-refractivity contribution in [1.82, 2.24) is 19.8 Å². The molecule has 0 saturated carbocycles. The molecule has 9 heteroatoms. The van der Waals surface area contributed by atoms with Crippen molar-refractivity contribution in [2.75, 3.05) is 13.1 Å². The van der Waals surface area contributed by atoms with E-state index in [-0.39, 0.29) is 31.1 Å². The van der Waals surface area contributed by atoms with E-state index < -0.39 is 18.0 Å². The van der Waals surface area contributed by atoms with E-state index in [1.54, 1.807) is 22.8 Å². The third-order valence-corrected chi connectivity index (χ3v) is 5.68. The molecule has 0 radical (unpaired) electrons. The maximum atomic E-state index is 13.6. The topological polar surface area (TPSA) is 105 Å². The van der Waals surface area contributed by atoms with Crippen LogP contribution < -0.4 is 10.9 Å². The van der Waals surface area contributed by atoms with Gasteiger partial charge >= 0.3 is 6.09 Å². The maximum absolute atomic E-state index is 13.6. The third kappa shape index (κ3) is 5.63. The van der Waals surface area contributed by atoms with Crippen molar-refractivity contribution in [2.45, 2.75) is 26.4 Å². The average molecular weight is 483 g/mol. The quantitative estimate of drug-likeness (QED) is 0.447. The number of hydrogen-bond acceptors (Lipinski definition) is 4. The zero-order valence-electron chi connectivity index (χ0n) is 19.1. The van der Waals surface area contributed by atoms with Gasteiger partial charge in [-0.2, -0.15) is 0 Å². The van der Waals surface area contributed by atoms with Crippen LogP contribution in [0.25, 0.3) is 10.9 Å². The minimum atomic E-state index is -1.19. The fourth-order valence-corrected chi connectivity index (χ4v) is 4.11. The lowest BCUT2D eigenvalue weighted by Gasteiger charge is -2.34. The molecule has 2 N–H and O–H groups in total. The Morgan fingerprint density at radius 1 is 1.24 bits per heavy atom. The van der Waals surface area contributed by atoms with Gasteiger partial charge in [0.2, 0.25) is 5.91 Å². The van der Waals surface area contributed by atoms with Gasteiger partial charge in [0.05, 0.1) is 23.5 Å². The summed E-state index contributed by atoms with van der Waals surface area (Å²) in [6.07, 6.45) is -0.0141. The maximum Gasteiger partial charge on any atom is 0.404 e. The molecule has 0 aliphatic carbocycles. The van der Waals surface area contributed by atoms with Crippen LogP contribution in [0.3, 0.4) is 0 Å². The van der Waals surface area contributed by atoms with E-state index in [0.717, 1.165) is 5.56 Å². The van der Waals surface area contributed by atoms with Crippen LogP contribution in [0.15, 0.2) is 66.0 Å². The third-order valence-electron chi connectivity index (χ3n) is 5.45. The van der Waals surface area contributed by atoms with Gasteiger partial charge in [0.15, 0.2) is 0 Å². The summed E-state index contributed by atoms with van der Waals surface area (Å²) in [5.41, 5.74) is 1.08. The Labute approximate surface area is 202 Å². The summed E-state index contributed by atoms with van der Waals surface area (Å²) in [5.74, 6) is -0.152. The van der Waals surface area contributed by atoms with Gasteiger partial charge in [-0.25, -0.2) is 9.78 Å². The highest BCUT2D eigenvalue weighted by Crippen LogP contribution is 2.29. The second-order valence-electron chi connectivity index (χ2n) is 8.16. The number of fused-ring (bicyclic) bond motifs is 1. The molecule has 2 aromatic carbocycles. The van der Waals surface area contributed by atoms with E-state index in [0.29, 0.717) is 21.7 Å². The first-order valence-corrected chi connectivity index (χ1v) is 11.2. The number of amides is 2. The molecule has 8 nitrogen and oxygen atoms in total. The molecule has 3 aromatic rings. The summed E-state index contributed by atoms with van der Waals surface area (Å²) in [5, 5.41) is 12.1. The Hall–Kier alpha value is -3.65. The number of carbonyl (C=O) groups excluding carboxylic acids is 1. The number of benzene rings is 2. The molecule has 1 atom stereocenters. The van der Waals surface area contributed by atoms with Crippen LogP contribution in [0.4, 0.5) is 4.79 Å². The van der Waals surface area contributed by atoms with E-state index in [9.17, 15) is 14.4 Å². The van der Waals surface area contributed by atoms with E-state index >= 15 is 0 Å². The van der Waals surface area contributed by atoms with Crippen molar-refractivity contribution in [3.05, 3.63) is 88.0 Å². The van der Waals surface area contributed by atoms with Gasteiger partial charge in [-0.05, 0) is 35.8 Å². The molecule has 0 bridgehead atoms. The smallest absolute Gasteiger partial charge is 0.404 e. The first-order chi connectivity index (χ1) is 16.2. The SMILES string of the molecule is C=CC(=O)N(CCNC(=O)O)[C@@H](c1nc2cc(Cl)ccc2c(=O)n1Cc1ccccc1)C(C)C. The van der Waals surface area contributed by atoms with E-state index in [4.69, 9.17) is 21.7 Å². The number of nitrogens with one attached hydrogen (secondary N) is 1. The van der Waals surface area contributed by atoms with Crippen molar-refractivity contribution >= 4 is 34.5 Å². The molecular weight excluding hydrogens is 456 g/mol. The van der Waals surface area contributed by atoms with Gasteiger partial charge in [-0.15, -0.1) is 0 Å². The van der Waals surface area contributed by atoms with E-state index in [2.05, 4.69) is 11.9 Å². The number of nitrogens with zero attached hydrogens (tertiary/aromatic N) is 3. The molecule has 1 aromatic heterocycles. The molecule has 0 fully saturated rings. The fraction of sp³-hybridized carbons (Fsp3) is 0.280. The minimum Gasteiger partial charge on any atom is -0.465 e. The van der Waals surface area contributed by atoms with Gasteiger partial charge in [0.25, 0.3) is 5.56 Å². The average Bonchev–Trinajstić information content (AvgIpc) is 2.80. The standard InChI is InChI=1S/C25H27ClN4O4/c1-4-21(31)29(13-12-27-25(33)34)22(16(2)3)23-28-20-14-18(26)10-11-19(20)24(32)30(23)15-17-8-6-5-7-9-17/h4-11,14,16,22,27H,1,12-13,15H2,2-3H3,(H,33,34)/t22-/m1/s1. The van der Waals surface area contributed by atoms with Crippen LogP contribution >= 0.6 is 11.6 Å². The largest absolute Gasteiger partial charge is 0.465 e. The first kappa shape index (κ1) is 25.0. The summed E-state index contributed by atoms with van der Waals surface area (Å²) in [7, 11) is 0. The van der Waals surface area contributed by atoms with E-state index in [1.165, 1.54) is 11.0 Å². The molecule has 2 amide bonds. The van der Waals surface area contributed by atoms with Crippen molar-refractivity contribution in [3.63, 3.8) is 0 Å². The summed E-state index contributed by atoms with van der Waals surface area (Å²) in [6.45, 7) is 7.78. The number of rotatable bonds is 9. The zero-order chi connectivity index (χ0) is 24.8. The Morgan fingerprint density at radius 2 is 1.94 bits per heavy atom. The Balaban J connectivity index is 2.23. The summed E-state index contributed by atoms with van der Waals surface area (Å²) < 4.78 is 1.57. The van der Waals surface area contributed by atoms with E-state index in [1.807, 2.05) is 44.2 Å². The predicted octanol–water partition coefficient (Wildman–Crippen LogP) is 4.08. The molecule has 178 valence electrons. The first-order valence-electron chi connectivity index (χ1n) is 10.9. The monoisotopic (exact) mass is 482 g/mol. The second-order valence-corrected chi connectivity index (χ2v) is 8.60. The summed E-state index contributed by atoms with van der Waals surface area (Å²) in [4.78, 5) is 43.8. The summed E-state index contributed by atoms with van der Waals surface area (Å²) >= 11 is 6.18. The Kier molecular flexibility index (Phi) is 8.07. The number of halogens is 1. The number of carbonyl (C=O) groups is 2.